The highest BCUT2D eigenvalue weighted by molar-refractivity contribution is 5.80. The van der Waals surface area contributed by atoms with E-state index < -0.39 is 5.97 Å². The Kier molecular flexibility index (Phi) is 6.34. The van der Waals surface area contributed by atoms with Crippen molar-refractivity contribution in [3.05, 3.63) is 28.7 Å². The lowest BCUT2D eigenvalue weighted by molar-refractivity contribution is -0.148. The molecular weight excluding hydrogens is 332 g/mol. The molecule has 26 heavy (non-hydrogen) atoms. The molecule has 1 N–H and O–H groups in total. The van der Waals surface area contributed by atoms with Crippen LogP contribution in [0.2, 0.25) is 0 Å². The molecule has 1 atom stereocenters. The van der Waals surface area contributed by atoms with Crippen molar-refractivity contribution >= 4 is 17.5 Å². The maximum Gasteiger partial charge on any atom is 0.306 e. The van der Waals surface area contributed by atoms with Crippen molar-refractivity contribution in [2.45, 2.75) is 60.4 Å². The van der Waals surface area contributed by atoms with Gasteiger partial charge in [-0.05, 0) is 45.6 Å². The summed E-state index contributed by atoms with van der Waals surface area (Å²) in [5, 5.41) is 7.24. The molecule has 2 aromatic heterocycles. The summed E-state index contributed by atoms with van der Waals surface area (Å²) in [6.07, 6.45) is 0.699. The number of fused-ring (bicyclic) bond motifs is 1. The van der Waals surface area contributed by atoms with E-state index in [4.69, 9.17) is 4.74 Å². The Hall–Kier alpha value is -2.44. The molecule has 7 heteroatoms. The SMILES string of the molecule is Cc1cc2nc(C)c(CCC(=O)OCC(=O)NC(C)C(C)C)c(C)n2n1. The highest BCUT2D eigenvalue weighted by Crippen LogP contribution is 2.17. The monoisotopic (exact) mass is 360 g/mol. The number of carbonyl (C=O) groups is 2. The van der Waals surface area contributed by atoms with Crippen molar-refractivity contribution in [2.75, 3.05) is 6.61 Å². The zero-order chi connectivity index (χ0) is 19.4. The van der Waals surface area contributed by atoms with Crippen LogP contribution in [0, 0.1) is 26.7 Å². The predicted octanol–water partition coefficient (Wildman–Crippen LogP) is 2.29. The first-order chi connectivity index (χ1) is 12.2. The fourth-order valence-electron chi connectivity index (χ4n) is 2.71. The van der Waals surface area contributed by atoms with Gasteiger partial charge in [0.2, 0.25) is 0 Å². The number of ether oxygens (including phenoxy) is 1. The standard InChI is InChI=1S/C19H28N4O3/c1-11(2)13(4)21-18(24)10-26-19(25)8-7-16-14(5)20-17-9-12(3)22-23(17)15(16)6/h9,11,13H,7-8,10H2,1-6H3,(H,21,24). The zero-order valence-corrected chi connectivity index (χ0v) is 16.4. The molecule has 0 aliphatic rings. The number of nitrogens with one attached hydrogen (secondary N) is 1. The summed E-state index contributed by atoms with van der Waals surface area (Å²) in [7, 11) is 0. The average Bonchev–Trinajstić information content (AvgIpc) is 2.93. The summed E-state index contributed by atoms with van der Waals surface area (Å²) in [5.41, 5.74) is 4.54. The maximum atomic E-state index is 12.0. The van der Waals surface area contributed by atoms with Crippen LogP contribution in [-0.4, -0.2) is 39.1 Å². The van der Waals surface area contributed by atoms with Gasteiger partial charge in [0.25, 0.3) is 5.91 Å². The fraction of sp³-hybridized carbons (Fsp3) is 0.579. The smallest absolute Gasteiger partial charge is 0.306 e. The summed E-state index contributed by atoms with van der Waals surface area (Å²) in [6, 6.07) is 1.97. The highest BCUT2D eigenvalue weighted by atomic mass is 16.5. The van der Waals surface area contributed by atoms with Gasteiger partial charge < -0.3 is 10.1 Å². The van der Waals surface area contributed by atoms with Crippen molar-refractivity contribution in [1.29, 1.82) is 0 Å². The Morgan fingerprint density at radius 1 is 1.23 bits per heavy atom. The summed E-state index contributed by atoms with van der Waals surface area (Å²) in [4.78, 5) is 28.3. The molecule has 2 rings (SSSR count). The van der Waals surface area contributed by atoms with Gasteiger partial charge in [0, 0.05) is 29.9 Å². The first-order valence-corrected chi connectivity index (χ1v) is 8.96. The van der Waals surface area contributed by atoms with Gasteiger partial charge in [-0.25, -0.2) is 9.50 Å². The fourth-order valence-corrected chi connectivity index (χ4v) is 2.71. The van der Waals surface area contributed by atoms with Crippen LogP contribution >= 0.6 is 0 Å². The van der Waals surface area contributed by atoms with Gasteiger partial charge in [-0.2, -0.15) is 5.10 Å². The minimum atomic E-state index is -0.395. The Morgan fingerprint density at radius 2 is 1.92 bits per heavy atom. The molecule has 0 saturated heterocycles. The van der Waals surface area contributed by atoms with Crippen LogP contribution in [0.4, 0.5) is 0 Å². The molecular formula is C19H28N4O3. The second kappa shape index (κ2) is 8.29. The first-order valence-electron chi connectivity index (χ1n) is 8.96. The maximum absolute atomic E-state index is 12.0. The van der Waals surface area contributed by atoms with E-state index in [2.05, 4.69) is 15.4 Å². The van der Waals surface area contributed by atoms with Gasteiger partial charge in [-0.15, -0.1) is 0 Å². The van der Waals surface area contributed by atoms with E-state index in [1.807, 2.05) is 47.6 Å². The third-order valence-electron chi connectivity index (χ3n) is 4.62. The third kappa shape index (κ3) is 4.80. The van der Waals surface area contributed by atoms with Crippen molar-refractivity contribution in [2.24, 2.45) is 5.92 Å². The van der Waals surface area contributed by atoms with E-state index in [0.717, 1.165) is 28.3 Å². The van der Waals surface area contributed by atoms with Gasteiger partial charge in [0.15, 0.2) is 12.3 Å². The number of aryl methyl sites for hydroxylation is 3. The summed E-state index contributed by atoms with van der Waals surface area (Å²) in [6.45, 7) is 11.5. The lowest BCUT2D eigenvalue weighted by Crippen LogP contribution is -2.38. The van der Waals surface area contributed by atoms with Gasteiger partial charge in [-0.3, -0.25) is 9.59 Å². The van der Waals surface area contributed by atoms with Crippen LogP contribution < -0.4 is 5.32 Å². The van der Waals surface area contributed by atoms with Crippen LogP contribution in [0.5, 0.6) is 0 Å². The minimum Gasteiger partial charge on any atom is -0.456 e. The lowest BCUT2D eigenvalue weighted by atomic mass is 10.1. The largest absolute Gasteiger partial charge is 0.456 e. The lowest BCUT2D eigenvalue weighted by Gasteiger charge is -2.17. The number of hydrogen-bond donors (Lipinski definition) is 1. The molecule has 0 radical (unpaired) electrons. The van der Waals surface area contributed by atoms with Crippen molar-refractivity contribution < 1.29 is 14.3 Å². The van der Waals surface area contributed by atoms with Gasteiger partial charge in [0.05, 0.1) is 5.69 Å². The molecule has 1 amide bonds. The Labute approximate surface area is 154 Å². The minimum absolute atomic E-state index is 0.0434. The van der Waals surface area contributed by atoms with E-state index in [1.165, 1.54) is 0 Å². The highest BCUT2D eigenvalue weighted by Gasteiger charge is 2.15. The van der Waals surface area contributed by atoms with Gasteiger partial charge >= 0.3 is 5.97 Å². The number of carbonyl (C=O) groups excluding carboxylic acids is 2. The molecule has 0 spiro atoms. The van der Waals surface area contributed by atoms with E-state index in [-0.39, 0.29) is 25.0 Å². The number of hydrogen-bond acceptors (Lipinski definition) is 5. The molecule has 2 aromatic rings. The number of amides is 1. The zero-order valence-electron chi connectivity index (χ0n) is 16.4. The first kappa shape index (κ1) is 19.9. The molecule has 7 nitrogen and oxygen atoms in total. The van der Waals surface area contributed by atoms with E-state index in [0.29, 0.717) is 12.3 Å². The van der Waals surface area contributed by atoms with Gasteiger partial charge in [-0.1, -0.05) is 13.8 Å². The summed E-state index contributed by atoms with van der Waals surface area (Å²) in [5.74, 6) is -0.344. The van der Waals surface area contributed by atoms with Crippen LogP contribution in [0.3, 0.4) is 0 Å². The topological polar surface area (TPSA) is 85.6 Å². The van der Waals surface area contributed by atoms with E-state index >= 15 is 0 Å². The second-order valence-electron chi connectivity index (χ2n) is 7.08. The molecule has 142 valence electrons. The molecule has 2 heterocycles. The molecule has 0 fully saturated rings. The van der Waals surface area contributed by atoms with Crippen molar-refractivity contribution in [3.8, 4) is 0 Å². The average molecular weight is 360 g/mol. The Bertz CT molecular complexity index is 811. The summed E-state index contributed by atoms with van der Waals surface area (Å²) < 4.78 is 6.88. The quantitative estimate of drug-likeness (QED) is 0.766. The summed E-state index contributed by atoms with van der Waals surface area (Å²) >= 11 is 0. The van der Waals surface area contributed by atoms with Crippen LogP contribution in [0.1, 0.15) is 49.8 Å². The molecule has 0 aromatic carbocycles. The van der Waals surface area contributed by atoms with Crippen LogP contribution in [0.15, 0.2) is 6.07 Å². The normalized spacial score (nSPS) is 12.4. The van der Waals surface area contributed by atoms with E-state index in [9.17, 15) is 9.59 Å². The van der Waals surface area contributed by atoms with Crippen molar-refractivity contribution in [1.82, 2.24) is 19.9 Å². The van der Waals surface area contributed by atoms with E-state index in [1.54, 1.807) is 4.52 Å². The molecule has 0 saturated carbocycles. The van der Waals surface area contributed by atoms with Crippen LogP contribution in [0.25, 0.3) is 5.65 Å². The van der Waals surface area contributed by atoms with Crippen molar-refractivity contribution in [3.63, 3.8) is 0 Å². The molecule has 0 aliphatic carbocycles. The molecule has 0 aliphatic heterocycles. The third-order valence-corrected chi connectivity index (χ3v) is 4.62. The Morgan fingerprint density at radius 3 is 2.58 bits per heavy atom. The number of nitrogens with zero attached hydrogens (tertiary/aromatic N) is 3. The van der Waals surface area contributed by atoms with Crippen LogP contribution in [-0.2, 0) is 20.7 Å². The number of rotatable bonds is 7. The predicted molar refractivity (Wildman–Crippen MR) is 98.9 cm³/mol. The number of aromatic nitrogens is 3. The molecule has 0 bridgehead atoms. The second-order valence-corrected chi connectivity index (χ2v) is 7.08. The number of esters is 1. The molecule has 1 unspecified atom stereocenters. The Balaban J connectivity index is 1.91. The van der Waals surface area contributed by atoms with Gasteiger partial charge in [0.1, 0.15) is 0 Å².